The van der Waals surface area contributed by atoms with E-state index in [1.807, 2.05) is 0 Å². The van der Waals surface area contributed by atoms with Gasteiger partial charge in [-0.25, -0.2) is 4.79 Å². The minimum Gasteiger partial charge on any atom is -0.480 e. The third-order valence-corrected chi connectivity index (χ3v) is 2.82. The highest BCUT2D eigenvalue weighted by Crippen LogP contribution is 2.19. The number of benzene rings is 1. The van der Waals surface area contributed by atoms with Crippen molar-refractivity contribution in [1.29, 1.82) is 0 Å². The first-order valence-corrected chi connectivity index (χ1v) is 6.21. The van der Waals surface area contributed by atoms with Crippen LogP contribution in [0.5, 0.6) is 0 Å². The zero-order valence-corrected chi connectivity index (χ0v) is 11.5. The molecule has 98 valence electrons. The first kappa shape index (κ1) is 14.9. The minimum absolute atomic E-state index is 0.0528. The van der Waals surface area contributed by atoms with E-state index in [1.165, 1.54) is 12.1 Å². The van der Waals surface area contributed by atoms with Crippen molar-refractivity contribution in [2.75, 3.05) is 6.61 Å². The Morgan fingerprint density at radius 3 is 2.56 bits per heavy atom. The number of aliphatic hydroxyl groups excluding tert-OH is 1. The van der Waals surface area contributed by atoms with Crippen LogP contribution in [0, 0.1) is 0 Å². The molecule has 0 unspecified atom stereocenters. The van der Waals surface area contributed by atoms with Crippen LogP contribution >= 0.6 is 27.5 Å². The van der Waals surface area contributed by atoms with Crippen LogP contribution in [-0.4, -0.2) is 34.7 Å². The summed E-state index contributed by atoms with van der Waals surface area (Å²) in [7, 11) is 0. The van der Waals surface area contributed by atoms with E-state index in [-0.39, 0.29) is 18.6 Å². The lowest BCUT2D eigenvalue weighted by atomic mass is 10.1. The fourth-order valence-electron chi connectivity index (χ4n) is 1.31. The van der Waals surface area contributed by atoms with Gasteiger partial charge < -0.3 is 15.5 Å². The molecule has 0 bridgehead atoms. The van der Waals surface area contributed by atoms with E-state index in [1.54, 1.807) is 6.07 Å². The Balaban J connectivity index is 2.83. The zero-order valence-electron chi connectivity index (χ0n) is 9.19. The third-order valence-electron chi connectivity index (χ3n) is 2.15. The van der Waals surface area contributed by atoms with Gasteiger partial charge in [0.15, 0.2) is 0 Å². The van der Waals surface area contributed by atoms with Crippen LogP contribution < -0.4 is 5.32 Å². The molecule has 18 heavy (non-hydrogen) atoms. The Morgan fingerprint density at radius 2 is 2.06 bits per heavy atom. The van der Waals surface area contributed by atoms with Crippen LogP contribution in [0.3, 0.4) is 0 Å². The number of amides is 1. The highest BCUT2D eigenvalue weighted by Gasteiger charge is 2.20. The van der Waals surface area contributed by atoms with Crippen LogP contribution in [0.25, 0.3) is 0 Å². The summed E-state index contributed by atoms with van der Waals surface area (Å²) >= 11 is 8.97. The molecule has 5 nitrogen and oxygen atoms in total. The molecule has 0 aliphatic heterocycles. The van der Waals surface area contributed by atoms with Gasteiger partial charge in [0.1, 0.15) is 6.04 Å². The van der Waals surface area contributed by atoms with Crippen molar-refractivity contribution in [3.63, 3.8) is 0 Å². The Labute approximate surface area is 117 Å². The summed E-state index contributed by atoms with van der Waals surface area (Å²) in [6, 6.07) is 3.44. The molecule has 3 N–H and O–H groups in total. The lowest BCUT2D eigenvalue weighted by Gasteiger charge is -2.13. The van der Waals surface area contributed by atoms with E-state index in [2.05, 4.69) is 21.2 Å². The fraction of sp³-hybridized carbons (Fsp3) is 0.273. The predicted octanol–water partition coefficient (Wildman–Crippen LogP) is 1.67. The number of carbonyl (C=O) groups excluding carboxylic acids is 1. The second-order valence-electron chi connectivity index (χ2n) is 3.53. The molecule has 0 saturated carbocycles. The Kier molecular flexibility index (Phi) is 5.58. The molecule has 0 saturated heterocycles. The summed E-state index contributed by atoms with van der Waals surface area (Å²) in [5.74, 6) is -1.75. The molecule has 1 amide bonds. The SMILES string of the molecule is O=C(N[C@@H](CCO)C(=O)O)c1cc(Cl)cc(Br)c1. The normalized spacial score (nSPS) is 11.9. The van der Waals surface area contributed by atoms with Crippen LogP contribution in [0.2, 0.25) is 5.02 Å². The summed E-state index contributed by atoms with van der Waals surface area (Å²) < 4.78 is 0.620. The van der Waals surface area contributed by atoms with Gasteiger partial charge >= 0.3 is 5.97 Å². The van der Waals surface area contributed by atoms with E-state index in [4.69, 9.17) is 21.8 Å². The van der Waals surface area contributed by atoms with E-state index in [0.717, 1.165) is 0 Å². The van der Waals surface area contributed by atoms with Gasteiger partial charge in [0.2, 0.25) is 0 Å². The molecule has 1 atom stereocenters. The first-order chi connectivity index (χ1) is 8.43. The molecule has 0 fully saturated rings. The van der Waals surface area contributed by atoms with Crippen LogP contribution in [-0.2, 0) is 4.79 Å². The van der Waals surface area contributed by atoms with Crippen molar-refractivity contribution in [3.8, 4) is 0 Å². The van der Waals surface area contributed by atoms with Gasteiger partial charge in [-0.15, -0.1) is 0 Å². The molecule has 0 aliphatic carbocycles. The number of carboxylic acid groups (broad SMARTS) is 1. The highest BCUT2D eigenvalue weighted by atomic mass is 79.9. The lowest BCUT2D eigenvalue weighted by Crippen LogP contribution is -2.41. The van der Waals surface area contributed by atoms with Gasteiger partial charge in [-0.2, -0.15) is 0 Å². The first-order valence-electron chi connectivity index (χ1n) is 5.04. The molecule has 0 spiro atoms. The quantitative estimate of drug-likeness (QED) is 0.763. The predicted molar refractivity (Wildman–Crippen MR) is 69.7 cm³/mol. The minimum atomic E-state index is -1.20. The Morgan fingerprint density at radius 1 is 1.39 bits per heavy atom. The van der Waals surface area contributed by atoms with Crippen molar-refractivity contribution in [2.45, 2.75) is 12.5 Å². The monoisotopic (exact) mass is 335 g/mol. The van der Waals surface area contributed by atoms with Crippen LogP contribution in [0.4, 0.5) is 0 Å². The summed E-state index contributed by atoms with van der Waals surface area (Å²) in [6.07, 6.45) is -0.0528. The second kappa shape index (κ2) is 6.72. The summed E-state index contributed by atoms with van der Waals surface area (Å²) in [5, 5.41) is 20.2. The van der Waals surface area contributed by atoms with Gasteiger partial charge in [-0.3, -0.25) is 4.79 Å². The van der Waals surface area contributed by atoms with Crippen LogP contribution in [0.1, 0.15) is 16.8 Å². The average Bonchev–Trinajstić information content (AvgIpc) is 2.26. The zero-order chi connectivity index (χ0) is 13.7. The summed E-state index contributed by atoms with van der Waals surface area (Å²) in [4.78, 5) is 22.6. The van der Waals surface area contributed by atoms with Crippen molar-refractivity contribution < 1.29 is 19.8 Å². The molecule has 0 heterocycles. The van der Waals surface area contributed by atoms with E-state index in [9.17, 15) is 9.59 Å². The van der Waals surface area contributed by atoms with Gasteiger partial charge in [-0.1, -0.05) is 27.5 Å². The van der Waals surface area contributed by atoms with Crippen molar-refractivity contribution >= 4 is 39.4 Å². The molecule has 0 aromatic heterocycles. The maximum Gasteiger partial charge on any atom is 0.326 e. The summed E-state index contributed by atoms with van der Waals surface area (Å²) in [5.41, 5.74) is 0.249. The number of rotatable bonds is 5. The third kappa shape index (κ3) is 4.29. The topological polar surface area (TPSA) is 86.6 Å². The second-order valence-corrected chi connectivity index (χ2v) is 4.89. The molecule has 0 radical (unpaired) electrons. The number of hydrogen-bond acceptors (Lipinski definition) is 3. The van der Waals surface area contributed by atoms with Gasteiger partial charge in [0.25, 0.3) is 5.91 Å². The number of carboxylic acids is 1. The lowest BCUT2D eigenvalue weighted by molar-refractivity contribution is -0.139. The van der Waals surface area contributed by atoms with E-state index >= 15 is 0 Å². The molecule has 1 aromatic carbocycles. The van der Waals surface area contributed by atoms with Crippen molar-refractivity contribution in [1.82, 2.24) is 5.32 Å². The average molecular weight is 337 g/mol. The number of carbonyl (C=O) groups is 2. The number of hydrogen-bond donors (Lipinski definition) is 3. The van der Waals surface area contributed by atoms with Gasteiger partial charge in [0, 0.05) is 28.1 Å². The summed E-state index contributed by atoms with van der Waals surface area (Å²) in [6.45, 7) is -0.323. The van der Waals surface area contributed by atoms with E-state index < -0.39 is 17.9 Å². The van der Waals surface area contributed by atoms with Crippen molar-refractivity contribution in [2.24, 2.45) is 0 Å². The molecule has 0 aliphatic rings. The molecule has 7 heteroatoms. The Bertz CT molecular complexity index is 446. The maximum atomic E-state index is 11.8. The Hall–Kier alpha value is -1.11. The van der Waals surface area contributed by atoms with Crippen LogP contribution in [0.15, 0.2) is 22.7 Å². The van der Waals surface area contributed by atoms with Gasteiger partial charge in [-0.05, 0) is 18.2 Å². The number of nitrogens with one attached hydrogen (secondary N) is 1. The number of aliphatic hydroxyl groups is 1. The fourth-order valence-corrected chi connectivity index (χ4v) is 2.17. The largest absolute Gasteiger partial charge is 0.480 e. The highest BCUT2D eigenvalue weighted by molar-refractivity contribution is 9.10. The van der Waals surface area contributed by atoms with Gasteiger partial charge in [0.05, 0.1) is 0 Å². The van der Waals surface area contributed by atoms with Crippen molar-refractivity contribution in [3.05, 3.63) is 33.3 Å². The molecule has 1 aromatic rings. The molecular formula is C11H11BrClNO4. The van der Waals surface area contributed by atoms with E-state index in [0.29, 0.717) is 9.50 Å². The maximum absolute atomic E-state index is 11.8. The number of halogens is 2. The molecule has 1 rings (SSSR count). The molecular weight excluding hydrogens is 325 g/mol. The standard InChI is InChI=1S/C11H11BrClNO4/c12-7-3-6(4-8(13)5-7)10(16)14-9(1-2-15)11(17)18/h3-5,9,15H,1-2H2,(H,14,16)(H,17,18)/t9-/m0/s1. The smallest absolute Gasteiger partial charge is 0.326 e. The number of aliphatic carboxylic acids is 1.